The van der Waals surface area contributed by atoms with Crippen molar-refractivity contribution in [3.63, 3.8) is 0 Å². The molecular formula is C21H36O2. The van der Waals surface area contributed by atoms with Gasteiger partial charge in [0.1, 0.15) is 0 Å². The van der Waals surface area contributed by atoms with E-state index in [4.69, 9.17) is 0 Å². The first-order chi connectivity index (χ1) is 10.9. The van der Waals surface area contributed by atoms with Crippen molar-refractivity contribution in [2.24, 2.45) is 40.4 Å². The molecule has 0 aromatic heterocycles. The molecule has 9 atom stereocenters. The lowest BCUT2D eigenvalue weighted by molar-refractivity contribution is -0.132. The summed E-state index contributed by atoms with van der Waals surface area (Å²) in [5.41, 5.74) is 0.860. The number of rotatable bonds is 1. The smallest absolute Gasteiger partial charge is 0.0545 e. The second-order valence-electron chi connectivity index (χ2n) is 10.1. The van der Waals surface area contributed by atoms with Crippen LogP contribution in [0.1, 0.15) is 78.6 Å². The Kier molecular flexibility index (Phi) is 3.89. The van der Waals surface area contributed by atoms with E-state index < -0.39 is 0 Å². The summed E-state index contributed by atoms with van der Waals surface area (Å²) in [5.74, 6) is 3.87. The first kappa shape index (κ1) is 16.4. The maximum atomic E-state index is 10.3. The van der Waals surface area contributed by atoms with E-state index in [2.05, 4.69) is 13.8 Å². The van der Waals surface area contributed by atoms with E-state index in [-0.39, 0.29) is 12.2 Å². The van der Waals surface area contributed by atoms with Crippen molar-refractivity contribution in [2.75, 3.05) is 0 Å². The minimum Gasteiger partial charge on any atom is -0.393 e. The average molecular weight is 321 g/mol. The Labute approximate surface area is 142 Å². The van der Waals surface area contributed by atoms with Crippen molar-refractivity contribution in [3.05, 3.63) is 0 Å². The third-order valence-corrected chi connectivity index (χ3v) is 9.29. The molecule has 23 heavy (non-hydrogen) atoms. The van der Waals surface area contributed by atoms with Gasteiger partial charge in [-0.3, -0.25) is 0 Å². The molecule has 4 saturated carbocycles. The van der Waals surface area contributed by atoms with Crippen LogP contribution in [0.5, 0.6) is 0 Å². The molecule has 4 rings (SSSR count). The van der Waals surface area contributed by atoms with E-state index in [1.807, 2.05) is 6.92 Å². The Bertz CT molecular complexity index is 461. The second-order valence-corrected chi connectivity index (χ2v) is 10.1. The molecule has 0 unspecified atom stereocenters. The van der Waals surface area contributed by atoms with Crippen LogP contribution in [0.3, 0.4) is 0 Å². The second kappa shape index (κ2) is 5.46. The van der Waals surface area contributed by atoms with E-state index in [0.717, 1.165) is 36.5 Å². The quantitative estimate of drug-likeness (QED) is 0.752. The molecule has 0 heterocycles. The van der Waals surface area contributed by atoms with Gasteiger partial charge in [-0.15, -0.1) is 0 Å². The molecule has 132 valence electrons. The van der Waals surface area contributed by atoms with Crippen LogP contribution >= 0.6 is 0 Å². The summed E-state index contributed by atoms with van der Waals surface area (Å²) in [6.45, 7) is 7.08. The van der Waals surface area contributed by atoms with E-state index >= 15 is 0 Å². The lowest BCUT2D eigenvalue weighted by Crippen LogP contribution is -2.54. The maximum Gasteiger partial charge on any atom is 0.0545 e. The van der Waals surface area contributed by atoms with Crippen molar-refractivity contribution >= 4 is 0 Å². The zero-order chi connectivity index (χ0) is 16.4. The van der Waals surface area contributed by atoms with Crippen molar-refractivity contribution < 1.29 is 10.2 Å². The Morgan fingerprint density at radius 2 is 1.57 bits per heavy atom. The van der Waals surface area contributed by atoms with E-state index in [0.29, 0.717) is 16.7 Å². The van der Waals surface area contributed by atoms with Gasteiger partial charge in [0.25, 0.3) is 0 Å². The number of fused-ring (bicyclic) bond motifs is 5. The highest BCUT2D eigenvalue weighted by Crippen LogP contribution is 2.67. The number of aliphatic hydroxyl groups is 2. The third kappa shape index (κ3) is 2.27. The van der Waals surface area contributed by atoms with Crippen LogP contribution in [0.25, 0.3) is 0 Å². The number of hydrogen-bond acceptors (Lipinski definition) is 2. The lowest BCUT2D eigenvalue weighted by atomic mass is 9.44. The van der Waals surface area contributed by atoms with E-state index in [9.17, 15) is 10.2 Å². The van der Waals surface area contributed by atoms with Crippen molar-refractivity contribution in [1.82, 2.24) is 0 Å². The summed E-state index contributed by atoms with van der Waals surface area (Å²) in [6.07, 6.45) is 11.1. The van der Waals surface area contributed by atoms with Crippen LogP contribution in [0.2, 0.25) is 0 Å². The zero-order valence-electron chi connectivity index (χ0n) is 15.3. The summed E-state index contributed by atoms with van der Waals surface area (Å²) < 4.78 is 0. The normalized spacial score (nSPS) is 57.3. The molecule has 0 spiro atoms. The monoisotopic (exact) mass is 320 g/mol. The average Bonchev–Trinajstić information content (AvgIpc) is 2.85. The van der Waals surface area contributed by atoms with Gasteiger partial charge in [0.05, 0.1) is 12.2 Å². The highest BCUT2D eigenvalue weighted by atomic mass is 16.3. The molecule has 4 aliphatic rings. The summed E-state index contributed by atoms with van der Waals surface area (Å²) in [5, 5.41) is 20.4. The summed E-state index contributed by atoms with van der Waals surface area (Å²) in [7, 11) is 0. The first-order valence-corrected chi connectivity index (χ1v) is 10.2. The van der Waals surface area contributed by atoms with Crippen LogP contribution in [0.4, 0.5) is 0 Å². The molecule has 0 bridgehead atoms. The minimum atomic E-state index is -0.140. The van der Waals surface area contributed by atoms with Crippen LogP contribution in [-0.2, 0) is 0 Å². The van der Waals surface area contributed by atoms with E-state index in [1.165, 1.54) is 44.9 Å². The molecule has 0 aliphatic heterocycles. The molecule has 0 radical (unpaired) electrons. The molecule has 0 saturated heterocycles. The molecule has 0 aromatic carbocycles. The Balaban J connectivity index is 1.60. The van der Waals surface area contributed by atoms with Gasteiger partial charge in [0.2, 0.25) is 0 Å². The van der Waals surface area contributed by atoms with Crippen molar-refractivity contribution in [3.8, 4) is 0 Å². The summed E-state index contributed by atoms with van der Waals surface area (Å²) >= 11 is 0. The molecule has 2 nitrogen and oxygen atoms in total. The highest BCUT2D eigenvalue weighted by Gasteiger charge is 2.60. The van der Waals surface area contributed by atoms with Crippen molar-refractivity contribution in [1.29, 1.82) is 0 Å². The predicted molar refractivity (Wildman–Crippen MR) is 92.9 cm³/mol. The van der Waals surface area contributed by atoms with Gasteiger partial charge in [0, 0.05) is 0 Å². The SMILES string of the molecule is C[C@H](O)[C@H]1CC[C@H]2[C@@H]3CC[C@H]4C[C@H](O)CC[C@]4(C)[C@H]3CC[C@]12C. The molecule has 0 aromatic rings. The summed E-state index contributed by atoms with van der Waals surface area (Å²) in [4.78, 5) is 0. The summed E-state index contributed by atoms with van der Waals surface area (Å²) in [6, 6.07) is 0. The standard InChI is InChI=1S/C21H36O2/c1-13(22)17-6-7-18-16-5-4-14-12-15(23)8-10-20(14,2)19(16)9-11-21(17,18)3/h13-19,22-23H,4-12H2,1-3H3/t13-,14-,15+,16-,17+,18-,19-,20-,21+/m0/s1. The fourth-order valence-corrected chi connectivity index (χ4v) is 8.07. The van der Waals surface area contributed by atoms with Crippen LogP contribution in [-0.4, -0.2) is 22.4 Å². The van der Waals surface area contributed by atoms with Crippen molar-refractivity contribution in [2.45, 2.75) is 90.8 Å². The zero-order valence-corrected chi connectivity index (χ0v) is 15.3. The molecular weight excluding hydrogens is 284 g/mol. The molecule has 4 fully saturated rings. The van der Waals surface area contributed by atoms with Gasteiger partial charge >= 0.3 is 0 Å². The van der Waals surface area contributed by atoms with Crippen LogP contribution < -0.4 is 0 Å². The van der Waals surface area contributed by atoms with Gasteiger partial charge in [-0.1, -0.05) is 13.8 Å². The van der Waals surface area contributed by atoms with Gasteiger partial charge in [-0.05, 0) is 105 Å². The lowest BCUT2D eigenvalue weighted by Gasteiger charge is -2.61. The van der Waals surface area contributed by atoms with E-state index in [1.54, 1.807) is 0 Å². The Morgan fingerprint density at radius 3 is 2.30 bits per heavy atom. The van der Waals surface area contributed by atoms with Gasteiger partial charge in [-0.25, -0.2) is 0 Å². The highest BCUT2D eigenvalue weighted by molar-refractivity contribution is 5.09. The topological polar surface area (TPSA) is 40.5 Å². The van der Waals surface area contributed by atoms with Gasteiger partial charge in [0.15, 0.2) is 0 Å². The fourth-order valence-electron chi connectivity index (χ4n) is 8.07. The largest absolute Gasteiger partial charge is 0.393 e. The predicted octanol–water partition coefficient (Wildman–Crippen LogP) is 4.39. The third-order valence-electron chi connectivity index (χ3n) is 9.29. The number of hydrogen-bond donors (Lipinski definition) is 2. The molecule has 2 heteroatoms. The van der Waals surface area contributed by atoms with Crippen LogP contribution in [0, 0.1) is 40.4 Å². The maximum absolute atomic E-state index is 10.3. The Hall–Kier alpha value is -0.0800. The fraction of sp³-hybridized carbons (Fsp3) is 1.00. The Morgan fingerprint density at radius 1 is 0.870 bits per heavy atom. The van der Waals surface area contributed by atoms with Crippen LogP contribution in [0.15, 0.2) is 0 Å². The molecule has 0 amide bonds. The van der Waals surface area contributed by atoms with Gasteiger partial charge < -0.3 is 10.2 Å². The number of aliphatic hydroxyl groups excluding tert-OH is 2. The first-order valence-electron chi connectivity index (χ1n) is 10.2. The molecule has 4 aliphatic carbocycles. The van der Waals surface area contributed by atoms with Gasteiger partial charge in [-0.2, -0.15) is 0 Å². The minimum absolute atomic E-state index is 0.0374. The molecule has 2 N–H and O–H groups in total.